The molecule has 1 saturated heterocycles. The molecule has 114 valence electrons. The van der Waals surface area contributed by atoms with Gasteiger partial charge < -0.3 is 4.90 Å². The van der Waals surface area contributed by atoms with Crippen molar-refractivity contribution in [1.82, 2.24) is 4.31 Å². The van der Waals surface area contributed by atoms with E-state index < -0.39 is 22.6 Å². The van der Waals surface area contributed by atoms with Crippen molar-refractivity contribution < 1.29 is 13.0 Å². The number of anilines is 1. The summed E-state index contributed by atoms with van der Waals surface area (Å²) >= 11 is 0. The Morgan fingerprint density at radius 3 is 2.81 bits per heavy atom. The van der Waals surface area contributed by atoms with E-state index in [2.05, 4.69) is 6.04 Å². The molecule has 1 aromatic carbocycles. The molecule has 21 heavy (non-hydrogen) atoms. The lowest BCUT2D eigenvalue weighted by Crippen LogP contribution is -2.27. The molecule has 0 amide bonds. The Balaban J connectivity index is 2.22. The van der Waals surface area contributed by atoms with Crippen molar-refractivity contribution in [2.45, 2.75) is 25.8 Å². The third-order valence-electron chi connectivity index (χ3n) is 3.53. The summed E-state index contributed by atoms with van der Waals surface area (Å²) in [5, 5.41) is 0. The monoisotopic (exact) mass is 312 g/mol. The predicted molar refractivity (Wildman–Crippen MR) is 80.9 cm³/mol. The molecule has 0 aliphatic carbocycles. The van der Waals surface area contributed by atoms with E-state index in [-0.39, 0.29) is 17.8 Å². The minimum absolute atomic E-state index is 0.0238. The number of benzene rings is 1. The van der Waals surface area contributed by atoms with Crippen LogP contribution in [-0.2, 0) is 17.5 Å². The summed E-state index contributed by atoms with van der Waals surface area (Å²) in [6.45, 7) is 0.787. The average Bonchev–Trinajstić information content (AvgIpc) is 2.67. The highest BCUT2D eigenvalue weighted by molar-refractivity contribution is 7.82. The molecular formula is C15H18F2N2OS. The highest BCUT2D eigenvalue weighted by Crippen LogP contribution is 2.24. The van der Waals surface area contributed by atoms with E-state index in [0.717, 1.165) is 31.4 Å². The van der Waals surface area contributed by atoms with E-state index in [9.17, 15) is 13.0 Å². The van der Waals surface area contributed by atoms with E-state index in [0.29, 0.717) is 12.3 Å². The van der Waals surface area contributed by atoms with Crippen LogP contribution < -0.4 is 4.90 Å². The first-order chi connectivity index (χ1) is 10.0. The van der Waals surface area contributed by atoms with E-state index in [4.69, 9.17) is 6.42 Å². The molecule has 1 aliphatic rings. The summed E-state index contributed by atoms with van der Waals surface area (Å²) in [4.78, 5) is 1.19. The molecule has 1 aromatic rings. The number of hydrogen-bond donors (Lipinski definition) is 0. The lowest BCUT2D eigenvalue weighted by atomic mass is 10.1. The molecule has 0 spiro atoms. The average molecular weight is 312 g/mol. The Hall–Kier alpha value is -1.45. The molecule has 1 unspecified atom stereocenters. The molecule has 0 radical (unpaired) electrons. The zero-order valence-corrected chi connectivity index (χ0v) is 12.8. The van der Waals surface area contributed by atoms with Crippen LogP contribution in [0.15, 0.2) is 12.1 Å². The standard InChI is InChI=1S/C15H18F2N2OS/c1-3-18(2)15-10-13(16)12(9-14(15)17)11-19-7-5-4-6-8-21(19)20/h1,9-10H,4-8,11H2,2H3. The first-order valence-corrected chi connectivity index (χ1v) is 8.12. The van der Waals surface area contributed by atoms with Crippen LogP contribution in [0.4, 0.5) is 14.5 Å². The first-order valence-electron chi connectivity index (χ1n) is 6.84. The molecule has 2 rings (SSSR count). The smallest absolute Gasteiger partial charge is 0.147 e. The van der Waals surface area contributed by atoms with Crippen LogP contribution in [0, 0.1) is 24.1 Å². The molecule has 0 N–H and O–H groups in total. The van der Waals surface area contributed by atoms with Crippen LogP contribution in [0.2, 0.25) is 0 Å². The van der Waals surface area contributed by atoms with Crippen molar-refractivity contribution in [2.24, 2.45) is 0 Å². The number of hydrogen-bond acceptors (Lipinski definition) is 2. The van der Waals surface area contributed by atoms with Crippen LogP contribution in [0.25, 0.3) is 0 Å². The summed E-state index contributed by atoms with van der Waals surface area (Å²) in [6.07, 6.45) is 8.04. The second kappa shape index (κ2) is 7.01. The minimum atomic E-state index is -1.13. The van der Waals surface area contributed by atoms with Gasteiger partial charge in [0.25, 0.3) is 0 Å². The van der Waals surface area contributed by atoms with Crippen LogP contribution in [0.3, 0.4) is 0 Å². The van der Waals surface area contributed by atoms with Crippen LogP contribution in [0.1, 0.15) is 24.8 Å². The van der Waals surface area contributed by atoms with Crippen LogP contribution in [-0.4, -0.2) is 27.9 Å². The topological polar surface area (TPSA) is 23.6 Å². The molecule has 1 fully saturated rings. The van der Waals surface area contributed by atoms with Gasteiger partial charge in [0.15, 0.2) is 0 Å². The van der Waals surface area contributed by atoms with Gasteiger partial charge in [-0.2, -0.15) is 0 Å². The zero-order chi connectivity index (χ0) is 15.4. The largest absolute Gasteiger partial charge is 0.302 e. The van der Waals surface area contributed by atoms with Crippen LogP contribution in [0.5, 0.6) is 0 Å². The fourth-order valence-corrected chi connectivity index (χ4v) is 3.61. The van der Waals surface area contributed by atoms with E-state index >= 15 is 0 Å². The fraction of sp³-hybridized carbons (Fsp3) is 0.467. The van der Waals surface area contributed by atoms with Gasteiger partial charge in [-0.05, 0) is 18.9 Å². The SMILES string of the molecule is C#CN(C)c1cc(F)c(CN2CCCCCS2=O)cc1F. The van der Waals surface area contributed by atoms with E-state index in [1.165, 1.54) is 11.9 Å². The summed E-state index contributed by atoms with van der Waals surface area (Å²) in [7, 11) is 0.362. The third kappa shape index (κ3) is 3.80. The zero-order valence-electron chi connectivity index (χ0n) is 11.9. The maximum absolute atomic E-state index is 14.1. The van der Waals surface area contributed by atoms with Gasteiger partial charge in [-0.25, -0.2) is 17.3 Å². The minimum Gasteiger partial charge on any atom is -0.302 e. The van der Waals surface area contributed by atoms with Gasteiger partial charge >= 0.3 is 0 Å². The second-order valence-electron chi connectivity index (χ2n) is 5.03. The Morgan fingerprint density at radius 2 is 2.10 bits per heavy atom. The third-order valence-corrected chi connectivity index (χ3v) is 5.06. The van der Waals surface area contributed by atoms with Crippen molar-refractivity contribution in [3.63, 3.8) is 0 Å². The Kier molecular flexibility index (Phi) is 5.32. The van der Waals surface area contributed by atoms with Crippen molar-refractivity contribution in [3.05, 3.63) is 29.3 Å². The van der Waals surface area contributed by atoms with E-state index in [1.807, 2.05) is 0 Å². The molecule has 0 saturated carbocycles. The van der Waals surface area contributed by atoms with E-state index in [1.54, 1.807) is 4.31 Å². The maximum Gasteiger partial charge on any atom is 0.147 e. The summed E-state index contributed by atoms with van der Waals surface area (Å²) in [5.74, 6) is -0.524. The van der Waals surface area contributed by atoms with Gasteiger partial charge in [-0.1, -0.05) is 12.8 Å². The second-order valence-corrected chi connectivity index (χ2v) is 6.60. The highest BCUT2D eigenvalue weighted by atomic mass is 32.2. The first kappa shape index (κ1) is 15.9. The molecule has 3 nitrogen and oxygen atoms in total. The van der Waals surface area contributed by atoms with Gasteiger partial charge in [0.05, 0.1) is 16.7 Å². The van der Waals surface area contributed by atoms with Crippen molar-refractivity contribution in [1.29, 1.82) is 0 Å². The molecule has 0 bridgehead atoms. The van der Waals surface area contributed by atoms with Gasteiger partial charge in [0.1, 0.15) is 11.6 Å². The van der Waals surface area contributed by atoms with Gasteiger partial charge in [-0.15, -0.1) is 0 Å². The molecule has 6 heteroatoms. The Bertz CT molecular complexity index is 586. The van der Waals surface area contributed by atoms with Gasteiger partial charge in [-0.3, -0.25) is 0 Å². The van der Waals surface area contributed by atoms with Gasteiger partial charge in [0.2, 0.25) is 0 Å². The number of rotatable bonds is 3. The molecule has 1 heterocycles. The summed E-state index contributed by atoms with van der Waals surface area (Å²) in [5.41, 5.74) is 0.229. The number of terminal acetylenes is 1. The van der Waals surface area contributed by atoms with Crippen molar-refractivity contribution >= 4 is 16.7 Å². The molecule has 1 aliphatic heterocycles. The lowest BCUT2D eigenvalue weighted by molar-refractivity contribution is 0.425. The maximum atomic E-state index is 14.1. The molecular weight excluding hydrogens is 294 g/mol. The fourth-order valence-electron chi connectivity index (χ4n) is 2.29. The summed E-state index contributed by atoms with van der Waals surface area (Å²) < 4.78 is 41.8. The highest BCUT2D eigenvalue weighted by Gasteiger charge is 2.20. The van der Waals surface area contributed by atoms with Gasteiger partial charge in [0, 0.05) is 43.6 Å². The molecule has 1 atom stereocenters. The number of halogens is 2. The van der Waals surface area contributed by atoms with Crippen molar-refractivity contribution in [2.75, 3.05) is 24.2 Å². The summed E-state index contributed by atoms with van der Waals surface area (Å²) in [6, 6.07) is 4.46. The quantitative estimate of drug-likeness (QED) is 0.633. The normalized spacial score (nSPS) is 19.8. The van der Waals surface area contributed by atoms with Crippen LogP contribution >= 0.6 is 0 Å². The predicted octanol–water partition coefficient (Wildman–Crippen LogP) is 2.64. The lowest BCUT2D eigenvalue weighted by Gasteiger charge is -2.20. The Morgan fingerprint density at radius 1 is 1.33 bits per heavy atom. The van der Waals surface area contributed by atoms with Crippen molar-refractivity contribution in [3.8, 4) is 12.5 Å². The number of nitrogens with zero attached hydrogens (tertiary/aromatic N) is 2. The Labute approximate surface area is 126 Å². The molecule has 0 aromatic heterocycles.